The maximum atomic E-state index is 13.3. The number of methoxy groups -OCH3 is 1. The smallest absolute Gasteiger partial charge is 0.295 e. The molecule has 0 aliphatic carbocycles. The number of amides is 1. The van der Waals surface area contributed by atoms with Gasteiger partial charge < -0.3 is 24.2 Å². The van der Waals surface area contributed by atoms with E-state index in [2.05, 4.69) is 27.7 Å². The Morgan fingerprint density at radius 1 is 1.00 bits per heavy atom. The number of carbonyl (C=O) groups is 2. The van der Waals surface area contributed by atoms with Crippen LogP contribution in [0.2, 0.25) is 0 Å². The second kappa shape index (κ2) is 12.3. The fourth-order valence-corrected chi connectivity index (χ4v) is 4.43. The minimum atomic E-state index is -0.746. The van der Waals surface area contributed by atoms with E-state index in [1.165, 1.54) is 4.90 Å². The van der Waals surface area contributed by atoms with Crippen LogP contribution in [0, 0.1) is 0 Å². The highest BCUT2D eigenvalue weighted by Crippen LogP contribution is 2.41. The second-order valence-corrected chi connectivity index (χ2v) is 10.2. The molecular formula is C30H39NO6. The Kier molecular flexibility index (Phi) is 9.38. The van der Waals surface area contributed by atoms with E-state index in [4.69, 9.17) is 14.2 Å². The van der Waals surface area contributed by atoms with Gasteiger partial charge in [-0.25, -0.2) is 0 Å². The van der Waals surface area contributed by atoms with Gasteiger partial charge in [0.25, 0.3) is 11.7 Å². The van der Waals surface area contributed by atoms with E-state index in [0.717, 1.165) is 24.2 Å². The number of aliphatic hydroxyl groups excluding tert-OH is 1. The molecule has 0 radical (unpaired) electrons. The van der Waals surface area contributed by atoms with Crippen molar-refractivity contribution in [3.8, 4) is 11.5 Å². The van der Waals surface area contributed by atoms with Crippen LogP contribution in [0.25, 0.3) is 5.76 Å². The molecule has 1 amide bonds. The molecule has 2 aromatic rings. The first kappa shape index (κ1) is 28.3. The first-order chi connectivity index (χ1) is 17.6. The number of nitrogens with zero attached hydrogens (tertiary/aromatic N) is 1. The van der Waals surface area contributed by atoms with Gasteiger partial charge in [-0.15, -0.1) is 0 Å². The standard InChI is InChI=1S/C30H39NO6/c1-7-9-17-37-22-13-10-20(11-14-22)26-25(28(33)29(34)31(26)16-18-35-6)27(32)21-12-15-24(36-8-2)23(19-21)30(3,4)5/h10-15,19,26,32H,7-9,16-18H2,1-6H3/b27-25-. The summed E-state index contributed by atoms with van der Waals surface area (Å²) in [5.41, 5.74) is 1.87. The minimum absolute atomic E-state index is 0.0600. The van der Waals surface area contributed by atoms with Crippen LogP contribution in [0.15, 0.2) is 48.0 Å². The highest BCUT2D eigenvalue weighted by atomic mass is 16.5. The number of hydrogen-bond acceptors (Lipinski definition) is 6. The van der Waals surface area contributed by atoms with Gasteiger partial charge in [0.2, 0.25) is 0 Å². The third-order valence-corrected chi connectivity index (χ3v) is 6.40. The Labute approximate surface area is 220 Å². The number of aliphatic hydroxyl groups is 1. The van der Waals surface area contributed by atoms with Crippen LogP contribution in [0.1, 0.15) is 70.2 Å². The maximum absolute atomic E-state index is 13.3. The van der Waals surface area contributed by atoms with Crippen molar-refractivity contribution in [2.24, 2.45) is 0 Å². The van der Waals surface area contributed by atoms with Gasteiger partial charge in [0, 0.05) is 24.8 Å². The topological polar surface area (TPSA) is 85.3 Å². The number of likely N-dealkylation sites (tertiary alicyclic amines) is 1. The summed E-state index contributed by atoms with van der Waals surface area (Å²) in [6.07, 6.45) is 1.99. The van der Waals surface area contributed by atoms with Crippen LogP contribution >= 0.6 is 0 Å². The molecule has 1 aliphatic rings. The van der Waals surface area contributed by atoms with Crippen LogP contribution in [0.4, 0.5) is 0 Å². The molecule has 2 aromatic carbocycles. The summed E-state index contributed by atoms with van der Waals surface area (Å²) in [5.74, 6) is -0.142. The number of hydrogen-bond donors (Lipinski definition) is 1. The lowest BCUT2D eigenvalue weighted by Crippen LogP contribution is -2.32. The largest absolute Gasteiger partial charge is 0.507 e. The van der Waals surface area contributed by atoms with E-state index >= 15 is 0 Å². The van der Waals surface area contributed by atoms with Crippen LogP contribution in [0.5, 0.6) is 11.5 Å². The van der Waals surface area contributed by atoms with Gasteiger partial charge in [0.1, 0.15) is 17.3 Å². The maximum Gasteiger partial charge on any atom is 0.295 e. The molecule has 37 heavy (non-hydrogen) atoms. The molecule has 7 heteroatoms. The zero-order chi connectivity index (χ0) is 27.2. The van der Waals surface area contributed by atoms with Crippen molar-refractivity contribution in [2.45, 2.75) is 58.9 Å². The molecule has 0 spiro atoms. The van der Waals surface area contributed by atoms with Crippen LogP contribution < -0.4 is 9.47 Å². The van der Waals surface area contributed by atoms with E-state index in [9.17, 15) is 14.7 Å². The molecule has 3 rings (SSSR count). The average molecular weight is 510 g/mol. The number of Topliss-reactive ketones (excluding diaryl/α,β-unsaturated/α-hetero) is 1. The molecule has 0 bridgehead atoms. The van der Waals surface area contributed by atoms with Gasteiger partial charge in [0.05, 0.1) is 31.4 Å². The third kappa shape index (κ3) is 6.34. The van der Waals surface area contributed by atoms with Gasteiger partial charge >= 0.3 is 0 Å². The molecule has 1 atom stereocenters. The summed E-state index contributed by atoms with van der Waals surface area (Å²) in [6.45, 7) is 11.8. The number of ketones is 1. The zero-order valence-corrected chi connectivity index (χ0v) is 22.8. The van der Waals surface area contributed by atoms with E-state index in [1.807, 2.05) is 37.3 Å². The summed E-state index contributed by atoms with van der Waals surface area (Å²) in [7, 11) is 1.54. The van der Waals surface area contributed by atoms with Gasteiger partial charge in [-0.1, -0.05) is 46.2 Å². The quantitative estimate of drug-likeness (QED) is 0.183. The lowest BCUT2D eigenvalue weighted by Gasteiger charge is -2.26. The highest BCUT2D eigenvalue weighted by molar-refractivity contribution is 6.46. The average Bonchev–Trinajstić information content (AvgIpc) is 3.12. The summed E-state index contributed by atoms with van der Waals surface area (Å²) in [5, 5.41) is 11.5. The lowest BCUT2D eigenvalue weighted by atomic mass is 9.84. The Morgan fingerprint density at radius 3 is 2.30 bits per heavy atom. The second-order valence-electron chi connectivity index (χ2n) is 10.2. The molecule has 1 aliphatic heterocycles. The number of rotatable bonds is 11. The molecular weight excluding hydrogens is 470 g/mol. The molecule has 1 heterocycles. The monoisotopic (exact) mass is 509 g/mol. The summed E-state index contributed by atoms with van der Waals surface area (Å²) in [4.78, 5) is 27.8. The fraction of sp³-hybridized carbons (Fsp3) is 0.467. The van der Waals surface area contributed by atoms with Crippen molar-refractivity contribution in [2.75, 3.05) is 33.5 Å². The zero-order valence-electron chi connectivity index (χ0n) is 22.8. The van der Waals surface area contributed by atoms with Gasteiger partial charge in [-0.05, 0) is 54.7 Å². The molecule has 0 saturated carbocycles. The van der Waals surface area contributed by atoms with Crippen LogP contribution in [-0.2, 0) is 19.7 Å². The lowest BCUT2D eigenvalue weighted by molar-refractivity contribution is -0.140. The van der Waals surface area contributed by atoms with E-state index in [1.54, 1.807) is 19.2 Å². The van der Waals surface area contributed by atoms with E-state index in [-0.39, 0.29) is 29.9 Å². The Bertz CT molecular complexity index is 1130. The highest BCUT2D eigenvalue weighted by Gasteiger charge is 2.46. The Morgan fingerprint density at radius 2 is 1.70 bits per heavy atom. The Balaban J connectivity index is 2.11. The number of benzene rings is 2. The number of carbonyl (C=O) groups excluding carboxylic acids is 2. The van der Waals surface area contributed by atoms with Crippen LogP contribution in [0.3, 0.4) is 0 Å². The molecule has 1 fully saturated rings. The number of unbranched alkanes of at least 4 members (excludes halogenated alkanes) is 1. The van der Waals surface area contributed by atoms with Crippen molar-refractivity contribution in [1.29, 1.82) is 0 Å². The summed E-state index contributed by atoms with van der Waals surface area (Å²) < 4.78 is 16.8. The molecule has 1 N–H and O–H groups in total. The molecule has 1 saturated heterocycles. The normalized spacial score (nSPS) is 17.4. The minimum Gasteiger partial charge on any atom is -0.507 e. The van der Waals surface area contributed by atoms with Gasteiger partial charge in [-0.3, -0.25) is 9.59 Å². The summed E-state index contributed by atoms with van der Waals surface area (Å²) >= 11 is 0. The van der Waals surface area contributed by atoms with Crippen molar-refractivity contribution >= 4 is 17.4 Å². The van der Waals surface area contributed by atoms with Crippen molar-refractivity contribution in [1.82, 2.24) is 4.90 Å². The first-order valence-corrected chi connectivity index (χ1v) is 12.9. The van der Waals surface area contributed by atoms with Crippen molar-refractivity contribution in [3.63, 3.8) is 0 Å². The van der Waals surface area contributed by atoms with E-state index in [0.29, 0.717) is 30.1 Å². The van der Waals surface area contributed by atoms with Crippen LogP contribution in [-0.4, -0.2) is 55.2 Å². The Hall–Kier alpha value is -3.32. The third-order valence-electron chi connectivity index (χ3n) is 6.40. The van der Waals surface area contributed by atoms with Crippen molar-refractivity contribution < 1.29 is 28.9 Å². The van der Waals surface area contributed by atoms with Gasteiger partial charge in [0.15, 0.2) is 0 Å². The summed E-state index contributed by atoms with van der Waals surface area (Å²) in [6, 6.07) is 12.0. The number of ether oxygens (including phenoxy) is 3. The van der Waals surface area contributed by atoms with Crippen molar-refractivity contribution in [3.05, 3.63) is 64.7 Å². The fourth-order valence-electron chi connectivity index (χ4n) is 4.43. The predicted octanol–water partition coefficient (Wildman–Crippen LogP) is 5.63. The molecule has 0 aromatic heterocycles. The molecule has 200 valence electrons. The van der Waals surface area contributed by atoms with Gasteiger partial charge in [-0.2, -0.15) is 0 Å². The van der Waals surface area contributed by atoms with E-state index < -0.39 is 17.7 Å². The molecule has 1 unspecified atom stereocenters. The predicted molar refractivity (Wildman–Crippen MR) is 144 cm³/mol. The SMILES string of the molecule is CCCCOc1ccc(C2/C(=C(/O)c3ccc(OCC)c(C(C)(C)C)c3)C(=O)C(=O)N2CCOC)cc1. The first-order valence-electron chi connectivity index (χ1n) is 12.9. The molecule has 7 nitrogen and oxygen atoms in total.